The molecule has 3 nitrogen and oxygen atoms in total. The molecule has 1 rings (SSSR count). The summed E-state index contributed by atoms with van der Waals surface area (Å²) in [6.45, 7) is 3.91. The SMILES string of the molecule is CCNC(=O)c1ccc(C)c(F)n1. The lowest BCUT2D eigenvalue weighted by atomic mass is 10.2. The molecule has 1 aromatic rings. The number of pyridine rings is 1. The maximum Gasteiger partial charge on any atom is 0.269 e. The first-order valence-electron chi connectivity index (χ1n) is 4.06. The first-order valence-corrected chi connectivity index (χ1v) is 4.06. The van der Waals surface area contributed by atoms with Crippen molar-refractivity contribution in [1.82, 2.24) is 10.3 Å². The molecular formula is C9H11FN2O. The zero-order valence-corrected chi connectivity index (χ0v) is 7.60. The van der Waals surface area contributed by atoms with Crippen molar-refractivity contribution in [3.63, 3.8) is 0 Å². The largest absolute Gasteiger partial charge is 0.351 e. The molecule has 0 fully saturated rings. The molecule has 0 saturated carbocycles. The van der Waals surface area contributed by atoms with E-state index in [9.17, 15) is 9.18 Å². The van der Waals surface area contributed by atoms with E-state index >= 15 is 0 Å². The number of rotatable bonds is 2. The van der Waals surface area contributed by atoms with E-state index in [1.54, 1.807) is 13.8 Å². The Morgan fingerprint density at radius 2 is 2.31 bits per heavy atom. The van der Waals surface area contributed by atoms with Crippen LogP contribution in [0, 0.1) is 12.9 Å². The van der Waals surface area contributed by atoms with Crippen molar-refractivity contribution in [2.75, 3.05) is 6.54 Å². The lowest BCUT2D eigenvalue weighted by Gasteiger charge is -2.01. The highest BCUT2D eigenvalue weighted by Crippen LogP contribution is 2.03. The quantitative estimate of drug-likeness (QED) is 0.700. The molecular weight excluding hydrogens is 171 g/mol. The van der Waals surface area contributed by atoms with Gasteiger partial charge in [0.1, 0.15) is 5.69 Å². The number of aromatic nitrogens is 1. The minimum absolute atomic E-state index is 0.116. The fourth-order valence-electron chi connectivity index (χ4n) is 0.881. The minimum atomic E-state index is -0.594. The summed E-state index contributed by atoms with van der Waals surface area (Å²) < 4.78 is 12.9. The smallest absolute Gasteiger partial charge is 0.269 e. The molecule has 13 heavy (non-hydrogen) atoms. The van der Waals surface area contributed by atoms with Gasteiger partial charge in [-0.1, -0.05) is 6.07 Å². The van der Waals surface area contributed by atoms with Crippen molar-refractivity contribution in [2.24, 2.45) is 0 Å². The number of carbonyl (C=O) groups is 1. The third-order valence-corrected chi connectivity index (χ3v) is 1.61. The molecule has 1 heterocycles. The first-order chi connectivity index (χ1) is 6.15. The van der Waals surface area contributed by atoms with E-state index in [2.05, 4.69) is 10.3 Å². The van der Waals surface area contributed by atoms with Gasteiger partial charge in [-0.3, -0.25) is 4.79 Å². The molecule has 0 aliphatic heterocycles. The van der Waals surface area contributed by atoms with Crippen LogP contribution < -0.4 is 5.32 Å². The molecule has 0 aliphatic carbocycles. The summed E-state index contributed by atoms with van der Waals surface area (Å²) in [5.74, 6) is -0.940. The molecule has 0 atom stereocenters. The van der Waals surface area contributed by atoms with Gasteiger partial charge < -0.3 is 5.32 Å². The van der Waals surface area contributed by atoms with Gasteiger partial charge in [-0.05, 0) is 19.9 Å². The van der Waals surface area contributed by atoms with Gasteiger partial charge in [0.05, 0.1) is 0 Å². The summed E-state index contributed by atoms with van der Waals surface area (Å²) in [6, 6.07) is 3.04. The number of hydrogen-bond acceptors (Lipinski definition) is 2. The molecule has 0 aromatic carbocycles. The van der Waals surface area contributed by atoms with E-state index in [1.165, 1.54) is 12.1 Å². The molecule has 0 aliphatic rings. The lowest BCUT2D eigenvalue weighted by Crippen LogP contribution is -2.24. The number of aryl methyl sites for hydroxylation is 1. The third-order valence-electron chi connectivity index (χ3n) is 1.61. The normalized spacial score (nSPS) is 9.77. The first kappa shape index (κ1) is 9.64. The number of nitrogens with zero attached hydrogens (tertiary/aromatic N) is 1. The minimum Gasteiger partial charge on any atom is -0.351 e. The van der Waals surface area contributed by atoms with E-state index in [0.717, 1.165) is 0 Å². The van der Waals surface area contributed by atoms with Crippen molar-refractivity contribution in [3.8, 4) is 0 Å². The molecule has 4 heteroatoms. The van der Waals surface area contributed by atoms with E-state index in [0.29, 0.717) is 12.1 Å². The van der Waals surface area contributed by atoms with Gasteiger partial charge in [0, 0.05) is 12.1 Å². The second kappa shape index (κ2) is 3.98. The Morgan fingerprint density at radius 3 is 2.85 bits per heavy atom. The fourth-order valence-corrected chi connectivity index (χ4v) is 0.881. The zero-order valence-electron chi connectivity index (χ0n) is 7.60. The molecule has 1 N–H and O–H groups in total. The van der Waals surface area contributed by atoms with Crippen LogP contribution in [0.3, 0.4) is 0 Å². The Labute approximate surface area is 76.0 Å². The maximum absolute atomic E-state index is 12.9. The summed E-state index contributed by atoms with van der Waals surface area (Å²) in [5, 5.41) is 2.54. The number of amides is 1. The summed E-state index contributed by atoms with van der Waals surface area (Å²) in [6.07, 6.45) is 0. The van der Waals surface area contributed by atoms with E-state index in [4.69, 9.17) is 0 Å². The average Bonchev–Trinajstić information content (AvgIpc) is 2.10. The predicted molar refractivity (Wildman–Crippen MR) is 46.9 cm³/mol. The molecule has 0 spiro atoms. The Bertz CT molecular complexity index is 325. The topological polar surface area (TPSA) is 42.0 Å². The van der Waals surface area contributed by atoms with Gasteiger partial charge in [-0.2, -0.15) is 4.39 Å². The standard InChI is InChI=1S/C9H11FN2O/c1-3-11-9(13)7-5-4-6(2)8(10)12-7/h4-5H,3H2,1-2H3,(H,11,13). The van der Waals surface area contributed by atoms with Crippen LogP contribution in [-0.2, 0) is 0 Å². The summed E-state index contributed by atoms with van der Waals surface area (Å²) in [4.78, 5) is 14.7. The highest BCUT2D eigenvalue weighted by Gasteiger charge is 2.07. The van der Waals surface area contributed by atoms with Crippen LogP contribution in [0.1, 0.15) is 23.0 Å². The van der Waals surface area contributed by atoms with Gasteiger partial charge >= 0.3 is 0 Å². The Kier molecular flexibility index (Phi) is 2.95. The van der Waals surface area contributed by atoms with E-state index in [1.807, 2.05) is 0 Å². The second-order valence-electron chi connectivity index (χ2n) is 2.66. The monoisotopic (exact) mass is 182 g/mol. The van der Waals surface area contributed by atoms with Gasteiger partial charge in [-0.25, -0.2) is 4.98 Å². The molecule has 0 unspecified atom stereocenters. The highest BCUT2D eigenvalue weighted by molar-refractivity contribution is 5.92. The fraction of sp³-hybridized carbons (Fsp3) is 0.333. The zero-order chi connectivity index (χ0) is 9.84. The van der Waals surface area contributed by atoms with Crippen LogP contribution in [0.2, 0.25) is 0 Å². The highest BCUT2D eigenvalue weighted by atomic mass is 19.1. The van der Waals surface area contributed by atoms with Crippen molar-refractivity contribution in [3.05, 3.63) is 29.3 Å². The molecule has 70 valence electrons. The van der Waals surface area contributed by atoms with Crippen molar-refractivity contribution >= 4 is 5.91 Å². The lowest BCUT2D eigenvalue weighted by molar-refractivity contribution is 0.0949. The van der Waals surface area contributed by atoms with Gasteiger partial charge in [0.25, 0.3) is 5.91 Å². The van der Waals surface area contributed by atoms with Crippen LogP contribution >= 0.6 is 0 Å². The maximum atomic E-state index is 12.9. The third kappa shape index (κ3) is 2.24. The van der Waals surface area contributed by atoms with Crippen LogP contribution in [0.15, 0.2) is 12.1 Å². The molecule has 0 bridgehead atoms. The van der Waals surface area contributed by atoms with Gasteiger partial charge in [0.2, 0.25) is 5.95 Å². The van der Waals surface area contributed by atoms with Crippen LogP contribution in [0.4, 0.5) is 4.39 Å². The summed E-state index contributed by atoms with van der Waals surface area (Å²) in [7, 11) is 0. The van der Waals surface area contributed by atoms with Crippen LogP contribution in [0.25, 0.3) is 0 Å². The second-order valence-corrected chi connectivity index (χ2v) is 2.66. The number of carbonyl (C=O) groups excluding carboxylic acids is 1. The average molecular weight is 182 g/mol. The molecule has 1 amide bonds. The van der Waals surface area contributed by atoms with Crippen molar-refractivity contribution in [1.29, 1.82) is 0 Å². The predicted octanol–water partition coefficient (Wildman–Crippen LogP) is 1.28. The van der Waals surface area contributed by atoms with Gasteiger partial charge in [-0.15, -0.1) is 0 Å². The Hall–Kier alpha value is -1.45. The van der Waals surface area contributed by atoms with E-state index in [-0.39, 0.29) is 11.6 Å². The summed E-state index contributed by atoms with van der Waals surface area (Å²) >= 11 is 0. The van der Waals surface area contributed by atoms with Crippen molar-refractivity contribution in [2.45, 2.75) is 13.8 Å². The molecule has 0 radical (unpaired) electrons. The van der Waals surface area contributed by atoms with Gasteiger partial charge in [0.15, 0.2) is 0 Å². The van der Waals surface area contributed by atoms with Crippen molar-refractivity contribution < 1.29 is 9.18 Å². The Morgan fingerprint density at radius 1 is 1.62 bits per heavy atom. The number of hydrogen-bond donors (Lipinski definition) is 1. The Balaban J connectivity index is 2.90. The number of halogens is 1. The summed E-state index contributed by atoms with van der Waals surface area (Å²) in [5.41, 5.74) is 0.554. The van der Waals surface area contributed by atoms with E-state index < -0.39 is 5.95 Å². The van der Waals surface area contributed by atoms with Crippen LogP contribution in [0.5, 0.6) is 0 Å². The molecule has 1 aromatic heterocycles. The molecule has 0 saturated heterocycles. The number of nitrogens with one attached hydrogen (secondary N) is 1. The van der Waals surface area contributed by atoms with Crippen LogP contribution in [-0.4, -0.2) is 17.4 Å².